The van der Waals surface area contributed by atoms with E-state index in [9.17, 15) is 4.79 Å². The first kappa shape index (κ1) is 15.6. The number of fused-ring (bicyclic) bond motifs is 1. The van der Waals surface area contributed by atoms with E-state index in [1.54, 1.807) is 22.7 Å². The van der Waals surface area contributed by atoms with Gasteiger partial charge in [-0.2, -0.15) is 0 Å². The summed E-state index contributed by atoms with van der Waals surface area (Å²) in [6.07, 6.45) is 3.80. The quantitative estimate of drug-likeness (QED) is 0.758. The molecule has 1 fully saturated rings. The van der Waals surface area contributed by atoms with Crippen molar-refractivity contribution in [2.75, 3.05) is 18.0 Å². The molecule has 3 heterocycles. The molecule has 1 aliphatic heterocycles. The van der Waals surface area contributed by atoms with E-state index in [0.717, 1.165) is 33.3 Å². The Labute approximate surface area is 149 Å². The summed E-state index contributed by atoms with van der Waals surface area (Å²) in [6, 6.07) is 9.81. The highest BCUT2D eigenvalue weighted by molar-refractivity contribution is 7.22. The lowest BCUT2D eigenvalue weighted by Crippen LogP contribution is -2.29. The highest BCUT2D eigenvalue weighted by atomic mass is 32.1. The van der Waals surface area contributed by atoms with E-state index in [4.69, 9.17) is 4.98 Å². The van der Waals surface area contributed by atoms with Crippen molar-refractivity contribution in [1.82, 2.24) is 10.3 Å². The Bertz CT molecular complexity index is 835. The summed E-state index contributed by atoms with van der Waals surface area (Å²) in [5.41, 5.74) is 1.68. The first-order valence-corrected chi connectivity index (χ1v) is 9.95. The molecule has 1 saturated heterocycles. The summed E-state index contributed by atoms with van der Waals surface area (Å²) in [5, 5.41) is 6.09. The van der Waals surface area contributed by atoms with Crippen LogP contribution in [0.3, 0.4) is 0 Å². The lowest BCUT2D eigenvalue weighted by molar-refractivity contribution is 0.0951. The van der Waals surface area contributed by atoms with Gasteiger partial charge in [-0.05, 0) is 48.9 Å². The van der Waals surface area contributed by atoms with E-state index in [0.29, 0.717) is 12.1 Å². The lowest BCUT2D eigenvalue weighted by atomic mass is 10.1. The maximum atomic E-state index is 12.4. The summed E-state index contributed by atoms with van der Waals surface area (Å²) in [6.45, 7) is 2.76. The monoisotopic (exact) mass is 357 g/mol. The summed E-state index contributed by atoms with van der Waals surface area (Å²) >= 11 is 3.34. The largest absolute Gasteiger partial charge is 0.348 e. The number of rotatable bonds is 4. The van der Waals surface area contributed by atoms with Crippen molar-refractivity contribution in [3.8, 4) is 0 Å². The lowest BCUT2D eigenvalue weighted by Gasteiger charge is -2.25. The smallest absolute Gasteiger partial charge is 0.251 e. The Hall–Kier alpha value is -1.92. The Morgan fingerprint density at radius 3 is 2.88 bits per heavy atom. The molecule has 1 amide bonds. The molecule has 3 aromatic rings. The van der Waals surface area contributed by atoms with Gasteiger partial charge in [-0.3, -0.25) is 4.79 Å². The van der Waals surface area contributed by atoms with Gasteiger partial charge in [-0.25, -0.2) is 4.98 Å². The van der Waals surface area contributed by atoms with Crippen LogP contribution >= 0.6 is 22.7 Å². The van der Waals surface area contributed by atoms with Crippen LogP contribution in [0.15, 0.2) is 35.7 Å². The maximum Gasteiger partial charge on any atom is 0.251 e. The van der Waals surface area contributed by atoms with Gasteiger partial charge in [0.15, 0.2) is 5.13 Å². The first-order chi connectivity index (χ1) is 11.8. The van der Waals surface area contributed by atoms with Crippen LogP contribution in [0.2, 0.25) is 0 Å². The number of thiazole rings is 1. The Morgan fingerprint density at radius 1 is 1.21 bits per heavy atom. The average Bonchev–Trinajstić information content (AvgIpc) is 3.29. The molecule has 24 heavy (non-hydrogen) atoms. The van der Waals surface area contributed by atoms with Crippen molar-refractivity contribution in [2.24, 2.45) is 0 Å². The third-order valence-electron chi connectivity index (χ3n) is 4.27. The number of amides is 1. The van der Waals surface area contributed by atoms with Crippen LogP contribution in [-0.4, -0.2) is 24.0 Å². The van der Waals surface area contributed by atoms with E-state index in [2.05, 4.69) is 10.2 Å². The second kappa shape index (κ2) is 6.91. The molecule has 1 aliphatic rings. The van der Waals surface area contributed by atoms with Gasteiger partial charge in [0.25, 0.3) is 5.91 Å². The minimum Gasteiger partial charge on any atom is -0.348 e. The molecule has 124 valence electrons. The zero-order valence-electron chi connectivity index (χ0n) is 13.3. The van der Waals surface area contributed by atoms with Crippen molar-refractivity contribution in [3.05, 3.63) is 46.2 Å². The van der Waals surface area contributed by atoms with Gasteiger partial charge in [0.1, 0.15) is 0 Å². The molecule has 1 aromatic carbocycles. The number of anilines is 1. The third kappa shape index (κ3) is 3.30. The molecule has 1 N–H and O–H groups in total. The fourth-order valence-electron chi connectivity index (χ4n) is 2.96. The number of carbonyl (C=O) groups excluding carboxylic acids is 1. The highest BCUT2D eigenvalue weighted by Gasteiger charge is 2.16. The summed E-state index contributed by atoms with van der Waals surface area (Å²) in [7, 11) is 0. The van der Waals surface area contributed by atoms with Crippen molar-refractivity contribution in [3.63, 3.8) is 0 Å². The van der Waals surface area contributed by atoms with Gasteiger partial charge in [-0.15, -0.1) is 11.3 Å². The predicted octanol–water partition coefficient (Wildman–Crippen LogP) is 4.28. The summed E-state index contributed by atoms with van der Waals surface area (Å²) < 4.78 is 1.08. The molecule has 0 saturated carbocycles. The second-order valence-corrected chi connectivity index (χ2v) is 8.03. The van der Waals surface area contributed by atoms with Crippen LogP contribution in [0, 0.1) is 0 Å². The molecule has 0 aliphatic carbocycles. The van der Waals surface area contributed by atoms with Crippen LogP contribution < -0.4 is 10.2 Å². The first-order valence-electron chi connectivity index (χ1n) is 8.26. The topological polar surface area (TPSA) is 45.2 Å². The summed E-state index contributed by atoms with van der Waals surface area (Å²) in [4.78, 5) is 20.6. The molecule has 0 spiro atoms. The van der Waals surface area contributed by atoms with E-state index < -0.39 is 0 Å². The molecule has 4 nitrogen and oxygen atoms in total. The second-order valence-electron chi connectivity index (χ2n) is 5.99. The van der Waals surface area contributed by atoms with Crippen molar-refractivity contribution >= 4 is 43.9 Å². The molecule has 0 unspecified atom stereocenters. The van der Waals surface area contributed by atoms with Gasteiger partial charge in [0.05, 0.1) is 16.8 Å². The number of aromatic nitrogens is 1. The number of hydrogen-bond acceptors (Lipinski definition) is 5. The van der Waals surface area contributed by atoms with E-state index in [1.807, 2.05) is 35.7 Å². The van der Waals surface area contributed by atoms with Gasteiger partial charge in [0.2, 0.25) is 0 Å². The molecule has 0 bridgehead atoms. The fraction of sp³-hybridized carbons (Fsp3) is 0.333. The molecule has 2 aromatic heterocycles. The van der Waals surface area contributed by atoms with Gasteiger partial charge in [0, 0.05) is 23.5 Å². The highest BCUT2D eigenvalue weighted by Crippen LogP contribution is 2.31. The maximum absolute atomic E-state index is 12.4. The third-order valence-corrected chi connectivity index (χ3v) is 6.22. The molecular formula is C18H19N3OS2. The van der Waals surface area contributed by atoms with Crippen LogP contribution in [0.1, 0.15) is 34.5 Å². The minimum atomic E-state index is -0.0294. The van der Waals surface area contributed by atoms with Crippen LogP contribution in [0.4, 0.5) is 5.13 Å². The molecule has 0 radical (unpaired) electrons. The van der Waals surface area contributed by atoms with Crippen molar-refractivity contribution < 1.29 is 4.79 Å². The number of thiophene rings is 1. The zero-order chi connectivity index (χ0) is 16.4. The molecule has 0 atom stereocenters. The number of benzene rings is 1. The van der Waals surface area contributed by atoms with Crippen LogP contribution in [-0.2, 0) is 6.54 Å². The number of nitrogens with zero attached hydrogens (tertiary/aromatic N) is 2. The molecular weight excluding hydrogens is 338 g/mol. The van der Waals surface area contributed by atoms with Crippen LogP contribution in [0.25, 0.3) is 10.2 Å². The van der Waals surface area contributed by atoms with Gasteiger partial charge >= 0.3 is 0 Å². The van der Waals surface area contributed by atoms with Gasteiger partial charge < -0.3 is 10.2 Å². The molecule has 4 rings (SSSR count). The standard InChI is InChI=1S/C18H19N3OS2/c22-17(19-12-14-5-4-10-23-14)13-6-7-15-16(11-13)24-18(20-15)21-8-2-1-3-9-21/h4-7,10-11H,1-3,8-9,12H2,(H,19,22). The van der Waals surface area contributed by atoms with Gasteiger partial charge in [-0.1, -0.05) is 17.4 Å². The number of piperidine rings is 1. The van der Waals surface area contributed by atoms with E-state index >= 15 is 0 Å². The number of hydrogen-bond donors (Lipinski definition) is 1. The number of carbonyl (C=O) groups is 1. The van der Waals surface area contributed by atoms with E-state index in [1.165, 1.54) is 19.3 Å². The SMILES string of the molecule is O=C(NCc1cccs1)c1ccc2nc(N3CCCCC3)sc2c1. The molecule has 6 heteroatoms. The zero-order valence-corrected chi connectivity index (χ0v) is 15.0. The van der Waals surface area contributed by atoms with Crippen molar-refractivity contribution in [1.29, 1.82) is 0 Å². The van der Waals surface area contributed by atoms with Crippen molar-refractivity contribution in [2.45, 2.75) is 25.8 Å². The van der Waals surface area contributed by atoms with Crippen LogP contribution in [0.5, 0.6) is 0 Å². The Balaban J connectivity index is 1.50. The summed E-state index contributed by atoms with van der Waals surface area (Å²) in [5.74, 6) is -0.0294. The normalized spacial score (nSPS) is 14.9. The van der Waals surface area contributed by atoms with E-state index in [-0.39, 0.29) is 5.91 Å². The minimum absolute atomic E-state index is 0.0294. The average molecular weight is 358 g/mol. The Morgan fingerprint density at radius 2 is 2.08 bits per heavy atom. The fourth-order valence-corrected chi connectivity index (χ4v) is 4.66. The Kier molecular flexibility index (Phi) is 4.49. The number of nitrogens with one attached hydrogen (secondary N) is 1. The predicted molar refractivity (Wildman–Crippen MR) is 101 cm³/mol.